The first-order valence-corrected chi connectivity index (χ1v) is 27.1. The Kier molecular flexibility index (Phi) is 12.8. The Bertz CT molecular complexity index is 4280. The maximum absolute atomic E-state index is 10.1. The standard InChI is InChI=1S/C73H47N9/c74-48-49-39-41-50(42-40-49)57-44-69(81-65-35-19-21-37-67(65)82(68-38-22-20-36-66(68)81)70-47-63(54-29-13-4-14-30-54)76-72(80-70)56-33-17-6-18-34-56)59(64-46-62(53-27-11-3-12-28-53)75-71(79-64)55-31-15-5-16-32-55)43-58(57)73-77-60(51-23-7-1-8-24-51)45-61(78-73)52-25-9-2-10-26-52/h1-47H. The third kappa shape index (κ3) is 9.38. The van der Waals surface area contributed by atoms with Crippen LogP contribution in [0.15, 0.2) is 285 Å². The maximum atomic E-state index is 10.1. The number of hydrogen-bond donors (Lipinski definition) is 0. The molecule has 13 aromatic rings. The van der Waals surface area contributed by atoms with Gasteiger partial charge in [-0.3, -0.25) is 4.90 Å². The highest BCUT2D eigenvalue weighted by Crippen LogP contribution is 2.57. The molecule has 0 unspecified atom stereocenters. The SMILES string of the molecule is N#Cc1ccc(-c2cc(N3c4ccccc4N(c4cc(-c5ccccc5)nc(-c5ccccc5)n4)c4ccccc43)c(-c3cc(-c4ccccc4)nc(-c4ccccc4)n3)cc2-c2nc(-c3ccccc3)cc(-c3ccccc3)n2)cc1. The van der Waals surface area contributed by atoms with Crippen molar-refractivity contribution in [2.45, 2.75) is 0 Å². The summed E-state index contributed by atoms with van der Waals surface area (Å²) in [7, 11) is 0. The zero-order valence-electron chi connectivity index (χ0n) is 44.2. The smallest absolute Gasteiger partial charge is 0.162 e. The Balaban J connectivity index is 1.07. The Morgan fingerprint density at radius 2 is 0.598 bits per heavy atom. The van der Waals surface area contributed by atoms with E-state index in [4.69, 9.17) is 29.9 Å². The number of fused-ring (bicyclic) bond motifs is 2. The number of benzene rings is 10. The highest BCUT2D eigenvalue weighted by atomic mass is 15.3. The van der Waals surface area contributed by atoms with Crippen LogP contribution in [-0.4, -0.2) is 29.9 Å². The molecule has 0 radical (unpaired) electrons. The van der Waals surface area contributed by atoms with Crippen molar-refractivity contribution in [3.05, 3.63) is 291 Å². The van der Waals surface area contributed by atoms with Gasteiger partial charge in [0.05, 0.1) is 68.5 Å². The fourth-order valence-electron chi connectivity index (χ4n) is 10.7. The van der Waals surface area contributed by atoms with Gasteiger partial charge >= 0.3 is 0 Å². The molecule has 10 aromatic carbocycles. The van der Waals surface area contributed by atoms with Gasteiger partial charge < -0.3 is 4.90 Å². The van der Waals surface area contributed by atoms with Crippen molar-refractivity contribution in [2.24, 2.45) is 0 Å². The van der Waals surface area contributed by atoms with Gasteiger partial charge in [0.25, 0.3) is 0 Å². The van der Waals surface area contributed by atoms with Gasteiger partial charge in [0.1, 0.15) is 5.82 Å². The second kappa shape index (κ2) is 21.4. The van der Waals surface area contributed by atoms with Crippen LogP contribution in [0.1, 0.15) is 5.56 Å². The average molecular weight is 1050 g/mol. The van der Waals surface area contributed by atoms with Crippen LogP contribution in [-0.2, 0) is 0 Å². The lowest BCUT2D eigenvalue weighted by atomic mass is 9.91. The summed E-state index contributed by atoms with van der Waals surface area (Å²) in [5, 5.41) is 10.1. The summed E-state index contributed by atoms with van der Waals surface area (Å²) in [5.41, 5.74) is 17.7. The molecule has 14 rings (SSSR count). The van der Waals surface area contributed by atoms with E-state index < -0.39 is 0 Å². The van der Waals surface area contributed by atoms with Gasteiger partial charge in [-0.2, -0.15) is 5.26 Å². The van der Waals surface area contributed by atoms with Crippen molar-refractivity contribution in [3.8, 4) is 108 Å². The molecule has 1 aliphatic heterocycles. The number of nitriles is 1. The number of anilines is 6. The van der Waals surface area contributed by atoms with E-state index in [1.165, 1.54) is 0 Å². The van der Waals surface area contributed by atoms with Gasteiger partial charge in [0.15, 0.2) is 17.5 Å². The van der Waals surface area contributed by atoms with E-state index in [0.29, 0.717) is 34.5 Å². The fraction of sp³-hybridized carbons (Fsp3) is 0. The fourth-order valence-corrected chi connectivity index (χ4v) is 10.7. The summed E-state index contributed by atoms with van der Waals surface area (Å²) in [5.74, 6) is 2.42. The van der Waals surface area contributed by atoms with Crippen molar-refractivity contribution in [1.82, 2.24) is 29.9 Å². The third-order valence-electron chi connectivity index (χ3n) is 14.7. The van der Waals surface area contributed by atoms with E-state index in [2.05, 4.69) is 155 Å². The van der Waals surface area contributed by atoms with Crippen molar-refractivity contribution in [1.29, 1.82) is 5.26 Å². The van der Waals surface area contributed by atoms with E-state index in [-0.39, 0.29) is 0 Å². The lowest BCUT2D eigenvalue weighted by Crippen LogP contribution is -2.25. The molecule has 82 heavy (non-hydrogen) atoms. The van der Waals surface area contributed by atoms with Crippen LogP contribution < -0.4 is 9.80 Å². The number of rotatable bonds is 11. The predicted molar refractivity (Wildman–Crippen MR) is 330 cm³/mol. The Morgan fingerprint density at radius 3 is 1.04 bits per heavy atom. The molecular weight excluding hydrogens is 1000 g/mol. The third-order valence-corrected chi connectivity index (χ3v) is 14.7. The molecule has 0 aliphatic carbocycles. The summed E-state index contributed by atoms with van der Waals surface area (Å²) in [6, 6.07) is 99.0. The molecular formula is C73H47N9. The summed E-state index contributed by atoms with van der Waals surface area (Å²) in [4.78, 5) is 36.9. The molecule has 0 bridgehead atoms. The minimum Gasteiger partial charge on any atom is -0.306 e. The molecule has 0 spiro atoms. The topological polar surface area (TPSA) is 108 Å². The molecule has 384 valence electrons. The molecule has 3 aromatic heterocycles. The first kappa shape index (κ1) is 48.9. The molecule has 0 saturated heterocycles. The summed E-state index contributed by atoms with van der Waals surface area (Å²) in [6.45, 7) is 0. The Morgan fingerprint density at radius 1 is 0.244 bits per heavy atom. The molecule has 0 N–H and O–H groups in total. The van der Waals surface area contributed by atoms with E-state index >= 15 is 0 Å². The van der Waals surface area contributed by atoms with Crippen molar-refractivity contribution in [2.75, 3.05) is 9.80 Å². The number of para-hydroxylation sites is 4. The first-order valence-electron chi connectivity index (χ1n) is 27.1. The second-order valence-electron chi connectivity index (χ2n) is 19.8. The molecule has 0 amide bonds. The number of nitrogens with zero attached hydrogens (tertiary/aromatic N) is 9. The van der Waals surface area contributed by atoms with E-state index in [0.717, 1.165) is 107 Å². The minimum absolute atomic E-state index is 0.519. The molecule has 0 atom stereocenters. The van der Waals surface area contributed by atoms with E-state index in [9.17, 15) is 5.26 Å². The summed E-state index contributed by atoms with van der Waals surface area (Å²) < 4.78 is 0. The highest BCUT2D eigenvalue weighted by Gasteiger charge is 2.34. The van der Waals surface area contributed by atoms with Gasteiger partial charge in [0.2, 0.25) is 0 Å². The highest BCUT2D eigenvalue weighted by molar-refractivity contribution is 6.05. The van der Waals surface area contributed by atoms with Crippen LogP contribution >= 0.6 is 0 Å². The molecule has 4 heterocycles. The minimum atomic E-state index is 0.519. The van der Waals surface area contributed by atoms with Crippen molar-refractivity contribution in [3.63, 3.8) is 0 Å². The zero-order valence-corrected chi connectivity index (χ0v) is 44.2. The maximum Gasteiger partial charge on any atom is 0.162 e. The van der Waals surface area contributed by atoms with Gasteiger partial charge in [-0.1, -0.05) is 218 Å². The Hall–Kier alpha value is -11.5. The monoisotopic (exact) mass is 1050 g/mol. The summed E-state index contributed by atoms with van der Waals surface area (Å²) in [6.07, 6.45) is 0. The van der Waals surface area contributed by atoms with Crippen LogP contribution in [0, 0.1) is 11.3 Å². The number of hydrogen-bond acceptors (Lipinski definition) is 9. The van der Waals surface area contributed by atoms with Crippen LogP contribution in [0.2, 0.25) is 0 Å². The second-order valence-corrected chi connectivity index (χ2v) is 19.8. The zero-order chi connectivity index (χ0) is 54.8. The van der Waals surface area contributed by atoms with Gasteiger partial charge in [-0.05, 0) is 71.8 Å². The van der Waals surface area contributed by atoms with Crippen molar-refractivity contribution >= 4 is 34.3 Å². The van der Waals surface area contributed by atoms with Gasteiger partial charge in [-0.15, -0.1) is 0 Å². The Labute approximate surface area is 475 Å². The number of aromatic nitrogens is 6. The van der Waals surface area contributed by atoms with Crippen LogP contribution in [0.4, 0.5) is 34.3 Å². The van der Waals surface area contributed by atoms with E-state index in [1.807, 2.05) is 146 Å². The summed E-state index contributed by atoms with van der Waals surface area (Å²) >= 11 is 0. The molecule has 0 fully saturated rings. The predicted octanol–water partition coefficient (Wildman–Crippen LogP) is 18.2. The lowest BCUT2D eigenvalue weighted by molar-refractivity contribution is 1.09. The van der Waals surface area contributed by atoms with E-state index in [1.54, 1.807) is 0 Å². The largest absolute Gasteiger partial charge is 0.306 e. The van der Waals surface area contributed by atoms with Crippen LogP contribution in [0.25, 0.3) is 102 Å². The molecule has 1 aliphatic rings. The van der Waals surface area contributed by atoms with Crippen LogP contribution in [0.3, 0.4) is 0 Å². The van der Waals surface area contributed by atoms with Gasteiger partial charge in [0, 0.05) is 50.6 Å². The first-order chi connectivity index (χ1) is 40.6. The van der Waals surface area contributed by atoms with Gasteiger partial charge in [-0.25, -0.2) is 29.9 Å². The molecule has 0 saturated carbocycles. The quantitative estimate of drug-likeness (QED) is 0.125. The normalized spacial score (nSPS) is 11.6. The van der Waals surface area contributed by atoms with Crippen molar-refractivity contribution < 1.29 is 0 Å². The lowest BCUT2D eigenvalue weighted by Gasteiger charge is -2.40. The molecule has 9 heteroatoms. The van der Waals surface area contributed by atoms with Crippen LogP contribution in [0.5, 0.6) is 0 Å². The average Bonchev–Trinajstić information content (AvgIpc) is 2.46. The molecule has 9 nitrogen and oxygen atoms in total.